The Morgan fingerprint density at radius 2 is 2.00 bits per heavy atom. The number of carboxylic acids is 1. The molecule has 1 unspecified atom stereocenters. The zero-order chi connectivity index (χ0) is 13.2. The van der Waals surface area contributed by atoms with E-state index in [1.807, 2.05) is 0 Å². The summed E-state index contributed by atoms with van der Waals surface area (Å²) >= 11 is 0. The van der Waals surface area contributed by atoms with Crippen molar-refractivity contribution in [1.82, 2.24) is 0 Å². The van der Waals surface area contributed by atoms with Crippen LogP contribution in [0.25, 0.3) is 0 Å². The normalized spacial score (nSPS) is 13.4. The molecule has 0 aliphatic rings. The molecule has 0 bridgehead atoms. The van der Waals surface area contributed by atoms with E-state index in [1.54, 1.807) is 0 Å². The molecule has 0 spiro atoms. The number of carbonyl (C=O) groups is 1. The van der Waals surface area contributed by atoms with Gasteiger partial charge < -0.3 is 15.9 Å². The monoisotopic (exact) mass is 249 g/mol. The van der Waals surface area contributed by atoms with Gasteiger partial charge in [-0.25, -0.2) is 0 Å². The maximum absolute atomic E-state index is 12.4. The minimum absolute atomic E-state index is 0.0771. The van der Waals surface area contributed by atoms with Crippen molar-refractivity contribution in [3.05, 3.63) is 29.3 Å². The Morgan fingerprint density at radius 3 is 2.47 bits per heavy atom. The lowest BCUT2D eigenvalue weighted by molar-refractivity contribution is -0.139. The lowest BCUT2D eigenvalue weighted by atomic mass is 10.0. The van der Waals surface area contributed by atoms with Crippen LogP contribution in [0.1, 0.15) is 23.7 Å². The summed E-state index contributed by atoms with van der Waals surface area (Å²) in [6, 6.07) is 2.42. The first kappa shape index (κ1) is 13.3. The zero-order valence-corrected chi connectivity index (χ0v) is 8.53. The average Bonchev–Trinajstić information content (AvgIpc) is 2.15. The molecule has 7 heteroatoms. The van der Waals surface area contributed by atoms with Crippen molar-refractivity contribution in [2.75, 3.05) is 5.73 Å². The third-order valence-electron chi connectivity index (χ3n) is 2.14. The molecule has 0 heterocycles. The van der Waals surface area contributed by atoms with Crippen molar-refractivity contribution < 1.29 is 28.2 Å². The Hall–Kier alpha value is -1.76. The molecule has 0 aliphatic carbocycles. The van der Waals surface area contributed by atoms with Crippen LogP contribution in [-0.4, -0.2) is 16.2 Å². The van der Waals surface area contributed by atoms with Crippen LogP contribution in [0.15, 0.2) is 18.2 Å². The Balaban J connectivity index is 3.10. The number of aliphatic hydroxyl groups excluding tert-OH is 1. The number of halogens is 3. The maximum Gasteiger partial charge on any atom is 0.416 e. The largest absolute Gasteiger partial charge is 0.481 e. The van der Waals surface area contributed by atoms with Crippen molar-refractivity contribution in [3.8, 4) is 0 Å². The SMILES string of the molecule is Nc1ccc(C(F)(F)F)cc1C(O)CC(=O)O. The molecule has 1 aromatic rings. The van der Waals surface area contributed by atoms with Crippen LogP contribution in [0, 0.1) is 0 Å². The predicted molar refractivity (Wildman–Crippen MR) is 53.1 cm³/mol. The highest BCUT2D eigenvalue weighted by Gasteiger charge is 2.31. The summed E-state index contributed by atoms with van der Waals surface area (Å²) in [5.74, 6) is -1.32. The molecule has 0 aromatic heterocycles. The predicted octanol–water partition coefficient (Wildman–Crippen LogP) is 1.80. The van der Waals surface area contributed by atoms with E-state index in [2.05, 4.69) is 0 Å². The van der Waals surface area contributed by atoms with Gasteiger partial charge in [-0.3, -0.25) is 4.79 Å². The summed E-state index contributed by atoms with van der Waals surface area (Å²) in [6.07, 6.45) is -6.83. The van der Waals surface area contributed by atoms with Crippen LogP contribution in [0.3, 0.4) is 0 Å². The van der Waals surface area contributed by atoms with Crippen LogP contribution in [-0.2, 0) is 11.0 Å². The molecule has 1 aromatic carbocycles. The summed E-state index contributed by atoms with van der Waals surface area (Å²) in [4.78, 5) is 10.4. The van der Waals surface area contributed by atoms with Gasteiger partial charge in [-0.05, 0) is 18.2 Å². The number of rotatable bonds is 3. The molecule has 94 valence electrons. The molecule has 1 atom stereocenters. The molecule has 4 N–H and O–H groups in total. The Kier molecular flexibility index (Phi) is 3.62. The minimum Gasteiger partial charge on any atom is -0.481 e. The molecule has 0 fully saturated rings. The number of alkyl halides is 3. The smallest absolute Gasteiger partial charge is 0.416 e. The highest BCUT2D eigenvalue weighted by atomic mass is 19.4. The molecule has 0 aliphatic heterocycles. The van der Waals surface area contributed by atoms with Crippen LogP contribution in [0.4, 0.5) is 18.9 Å². The fourth-order valence-electron chi connectivity index (χ4n) is 1.32. The highest BCUT2D eigenvalue weighted by molar-refractivity contribution is 5.68. The Labute approximate surface area is 94.5 Å². The molecule has 0 amide bonds. The number of benzene rings is 1. The van der Waals surface area contributed by atoms with E-state index >= 15 is 0 Å². The average molecular weight is 249 g/mol. The van der Waals surface area contributed by atoms with Crippen molar-refractivity contribution in [2.45, 2.75) is 18.7 Å². The van der Waals surface area contributed by atoms with Crippen LogP contribution >= 0.6 is 0 Å². The maximum atomic E-state index is 12.4. The number of hydrogen-bond donors (Lipinski definition) is 3. The second-order valence-electron chi connectivity index (χ2n) is 3.46. The minimum atomic E-state index is -4.56. The lowest BCUT2D eigenvalue weighted by Gasteiger charge is -2.14. The molecule has 0 radical (unpaired) electrons. The summed E-state index contributed by atoms with van der Waals surface area (Å²) in [5, 5.41) is 17.9. The van der Waals surface area contributed by atoms with Gasteiger partial charge in [0.2, 0.25) is 0 Å². The van der Waals surface area contributed by atoms with Crippen molar-refractivity contribution in [3.63, 3.8) is 0 Å². The number of hydrogen-bond acceptors (Lipinski definition) is 3. The van der Waals surface area contributed by atoms with Gasteiger partial charge in [-0.2, -0.15) is 13.2 Å². The second kappa shape index (κ2) is 4.62. The van der Waals surface area contributed by atoms with Gasteiger partial charge in [0.15, 0.2) is 0 Å². The van der Waals surface area contributed by atoms with Crippen LogP contribution in [0.5, 0.6) is 0 Å². The first-order chi connectivity index (χ1) is 7.71. The molecular weight excluding hydrogens is 239 g/mol. The third-order valence-corrected chi connectivity index (χ3v) is 2.14. The number of anilines is 1. The van der Waals surface area contributed by atoms with Gasteiger partial charge in [0.05, 0.1) is 18.1 Å². The summed E-state index contributed by atoms with van der Waals surface area (Å²) < 4.78 is 37.2. The third kappa shape index (κ3) is 3.35. The standard InChI is InChI=1S/C10H10F3NO3/c11-10(12,13)5-1-2-7(14)6(3-5)8(15)4-9(16)17/h1-3,8,15H,4,14H2,(H,16,17). The highest BCUT2D eigenvalue weighted by Crippen LogP contribution is 2.33. The fraction of sp³-hybridized carbons (Fsp3) is 0.300. The number of aliphatic hydroxyl groups is 1. The second-order valence-corrected chi connectivity index (χ2v) is 3.46. The molecule has 0 saturated carbocycles. The zero-order valence-electron chi connectivity index (χ0n) is 8.53. The van der Waals surface area contributed by atoms with Gasteiger partial charge in [0, 0.05) is 11.3 Å². The molecule has 17 heavy (non-hydrogen) atoms. The number of nitrogen functional groups attached to an aromatic ring is 1. The first-order valence-corrected chi connectivity index (χ1v) is 4.58. The van der Waals surface area contributed by atoms with E-state index in [4.69, 9.17) is 10.8 Å². The lowest BCUT2D eigenvalue weighted by Crippen LogP contribution is -2.11. The number of aliphatic carboxylic acids is 1. The molecule has 1 rings (SSSR count). The van der Waals surface area contributed by atoms with Gasteiger partial charge in [-0.15, -0.1) is 0 Å². The quantitative estimate of drug-likeness (QED) is 0.713. The molecular formula is C10H10F3NO3. The summed E-state index contributed by atoms with van der Waals surface area (Å²) in [7, 11) is 0. The van der Waals surface area contributed by atoms with E-state index in [-0.39, 0.29) is 11.3 Å². The summed E-state index contributed by atoms with van der Waals surface area (Å²) in [6.45, 7) is 0. The van der Waals surface area contributed by atoms with Crippen LogP contribution in [0.2, 0.25) is 0 Å². The number of carboxylic acid groups (broad SMARTS) is 1. The van der Waals surface area contributed by atoms with E-state index in [0.29, 0.717) is 6.07 Å². The van der Waals surface area contributed by atoms with E-state index in [1.165, 1.54) is 0 Å². The summed E-state index contributed by atoms with van der Waals surface area (Å²) in [5.41, 5.74) is 4.10. The van der Waals surface area contributed by atoms with Gasteiger partial charge in [-0.1, -0.05) is 0 Å². The van der Waals surface area contributed by atoms with Gasteiger partial charge >= 0.3 is 12.1 Å². The van der Waals surface area contributed by atoms with Crippen LogP contribution < -0.4 is 5.73 Å². The Bertz CT molecular complexity index is 431. The van der Waals surface area contributed by atoms with Crippen molar-refractivity contribution in [1.29, 1.82) is 0 Å². The van der Waals surface area contributed by atoms with Gasteiger partial charge in [0.25, 0.3) is 0 Å². The molecule has 0 saturated heterocycles. The van der Waals surface area contributed by atoms with Gasteiger partial charge in [0.1, 0.15) is 0 Å². The fourth-order valence-corrected chi connectivity index (χ4v) is 1.32. The van der Waals surface area contributed by atoms with Crippen molar-refractivity contribution >= 4 is 11.7 Å². The topological polar surface area (TPSA) is 83.5 Å². The Morgan fingerprint density at radius 1 is 1.41 bits per heavy atom. The number of nitrogens with two attached hydrogens (primary N) is 1. The van der Waals surface area contributed by atoms with Crippen molar-refractivity contribution in [2.24, 2.45) is 0 Å². The van der Waals surface area contributed by atoms with E-state index < -0.39 is 30.2 Å². The van der Waals surface area contributed by atoms with E-state index in [9.17, 15) is 23.1 Å². The first-order valence-electron chi connectivity index (χ1n) is 4.58. The molecule has 4 nitrogen and oxygen atoms in total. The van der Waals surface area contributed by atoms with E-state index in [0.717, 1.165) is 12.1 Å².